The molecule has 20 heavy (non-hydrogen) atoms. The monoisotopic (exact) mass is 344 g/mol. The lowest BCUT2D eigenvalue weighted by molar-refractivity contribution is -0.0321. The fourth-order valence-corrected chi connectivity index (χ4v) is 3.36. The largest absolute Gasteiger partial charge is 0.374 e. The summed E-state index contributed by atoms with van der Waals surface area (Å²) in [4.78, 5) is 2.28. The third-order valence-electron chi connectivity index (χ3n) is 3.90. The van der Waals surface area contributed by atoms with E-state index in [-0.39, 0.29) is 12.1 Å². The molecule has 1 aromatic heterocycles. The molecule has 1 saturated heterocycles. The van der Waals surface area contributed by atoms with Crippen LogP contribution in [-0.2, 0) is 24.1 Å². The molecule has 5 nitrogen and oxygen atoms in total. The lowest BCUT2D eigenvalue weighted by atomic mass is 10.0. The number of rotatable bonds is 5. The van der Waals surface area contributed by atoms with Crippen molar-refractivity contribution in [3.05, 3.63) is 15.9 Å². The number of nitrogens with zero attached hydrogens (tertiary/aromatic N) is 3. The first-order chi connectivity index (χ1) is 9.56. The molecular weight excluding hydrogens is 320 g/mol. The van der Waals surface area contributed by atoms with Gasteiger partial charge < -0.3 is 15.4 Å². The van der Waals surface area contributed by atoms with Gasteiger partial charge in [-0.2, -0.15) is 5.10 Å². The number of ether oxygens (including phenoxy) is 1. The third-order valence-corrected chi connectivity index (χ3v) is 4.81. The summed E-state index contributed by atoms with van der Waals surface area (Å²) in [5, 5.41) is 4.62. The van der Waals surface area contributed by atoms with Gasteiger partial charge in [-0.25, -0.2) is 0 Å². The van der Waals surface area contributed by atoms with Crippen LogP contribution in [0.25, 0.3) is 0 Å². The molecule has 6 heteroatoms. The summed E-state index contributed by atoms with van der Waals surface area (Å²) in [5.41, 5.74) is 8.67. The molecule has 1 aromatic rings. The SMILES string of the molecule is CCc1nn(CC)c(CC(N)C2CN(C)CCO2)c1Br. The van der Waals surface area contributed by atoms with Gasteiger partial charge in [0.15, 0.2) is 0 Å². The van der Waals surface area contributed by atoms with E-state index in [1.54, 1.807) is 0 Å². The van der Waals surface area contributed by atoms with Gasteiger partial charge in [0.25, 0.3) is 0 Å². The number of morpholine rings is 1. The van der Waals surface area contributed by atoms with Crippen LogP contribution in [0.2, 0.25) is 0 Å². The fraction of sp³-hybridized carbons (Fsp3) is 0.786. The minimum atomic E-state index is 0.000700. The lowest BCUT2D eigenvalue weighted by Gasteiger charge is -2.33. The number of nitrogens with two attached hydrogens (primary N) is 1. The van der Waals surface area contributed by atoms with Crippen molar-refractivity contribution in [2.75, 3.05) is 26.7 Å². The number of aryl methyl sites for hydroxylation is 2. The first-order valence-corrected chi connectivity index (χ1v) is 8.15. The van der Waals surface area contributed by atoms with Crippen molar-refractivity contribution < 1.29 is 4.74 Å². The predicted octanol–water partition coefficient (Wildman–Crippen LogP) is 1.43. The van der Waals surface area contributed by atoms with Gasteiger partial charge in [0.1, 0.15) is 0 Å². The zero-order chi connectivity index (χ0) is 14.7. The second-order valence-electron chi connectivity index (χ2n) is 5.42. The van der Waals surface area contributed by atoms with Crippen molar-refractivity contribution >= 4 is 15.9 Å². The van der Waals surface area contributed by atoms with Crippen LogP contribution in [0.15, 0.2) is 4.47 Å². The Kier molecular flexibility index (Phi) is 5.60. The maximum absolute atomic E-state index is 6.37. The van der Waals surface area contributed by atoms with Crippen LogP contribution in [0.4, 0.5) is 0 Å². The molecule has 0 radical (unpaired) electrons. The second-order valence-corrected chi connectivity index (χ2v) is 6.21. The normalized spacial score (nSPS) is 22.1. The topological polar surface area (TPSA) is 56.3 Å². The quantitative estimate of drug-likeness (QED) is 0.877. The second kappa shape index (κ2) is 7.02. The lowest BCUT2D eigenvalue weighted by Crippen LogP contribution is -2.50. The Morgan fingerprint density at radius 3 is 2.85 bits per heavy atom. The molecule has 2 unspecified atom stereocenters. The van der Waals surface area contributed by atoms with Gasteiger partial charge in [-0.15, -0.1) is 0 Å². The maximum atomic E-state index is 6.37. The number of hydrogen-bond acceptors (Lipinski definition) is 4. The molecule has 2 N–H and O–H groups in total. The molecule has 1 fully saturated rings. The first-order valence-electron chi connectivity index (χ1n) is 7.36. The van der Waals surface area contributed by atoms with Crippen LogP contribution in [0.3, 0.4) is 0 Å². The van der Waals surface area contributed by atoms with Gasteiger partial charge in [-0.1, -0.05) is 6.92 Å². The van der Waals surface area contributed by atoms with Crippen molar-refractivity contribution in [1.82, 2.24) is 14.7 Å². The summed E-state index contributed by atoms with van der Waals surface area (Å²) in [6.07, 6.45) is 1.82. The Bertz CT molecular complexity index is 449. The van der Waals surface area contributed by atoms with Crippen molar-refractivity contribution in [2.45, 2.75) is 45.4 Å². The zero-order valence-corrected chi connectivity index (χ0v) is 14.2. The fourth-order valence-electron chi connectivity index (χ4n) is 2.64. The van der Waals surface area contributed by atoms with Crippen molar-refractivity contribution in [3.63, 3.8) is 0 Å². The predicted molar refractivity (Wildman–Crippen MR) is 83.9 cm³/mol. The van der Waals surface area contributed by atoms with E-state index < -0.39 is 0 Å². The van der Waals surface area contributed by atoms with E-state index in [1.165, 1.54) is 5.69 Å². The molecule has 2 heterocycles. The van der Waals surface area contributed by atoms with Crippen LogP contribution >= 0.6 is 15.9 Å². The Balaban J connectivity index is 2.10. The number of halogens is 1. The van der Waals surface area contributed by atoms with E-state index in [0.717, 1.165) is 49.2 Å². The maximum Gasteiger partial charge on any atom is 0.0856 e. The Labute approximate surface area is 129 Å². The summed E-state index contributed by atoms with van der Waals surface area (Å²) in [5.74, 6) is 0. The van der Waals surface area contributed by atoms with Gasteiger partial charge in [0.05, 0.1) is 28.6 Å². The molecule has 1 aliphatic rings. The number of aromatic nitrogens is 2. The van der Waals surface area contributed by atoms with Crippen LogP contribution < -0.4 is 5.73 Å². The highest BCUT2D eigenvalue weighted by Gasteiger charge is 2.26. The molecule has 0 aliphatic carbocycles. The molecule has 0 bridgehead atoms. The van der Waals surface area contributed by atoms with E-state index in [9.17, 15) is 0 Å². The Morgan fingerprint density at radius 2 is 2.25 bits per heavy atom. The molecule has 0 amide bonds. The Morgan fingerprint density at radius 1 is 1.50 bits per heavy atom. The number of likely N-dealkylation sites (N-methyl/N-ethyl adjacent to an activating group) is 1. The van der Waals surface area contributed by atoms with Crippen LogP contribution in [-0.4, -0.2) is 53.6 Å². The highest BCUT2D eigenvalue weighted by molar-refractivity contribution is 9.10. The highest BCUT2D eigenvalue weighted by Crippen LogP contribution is 2.24. The van der Waals surface area contributed by atoms with E-state index in [0.29, 0.717) is 0 Å². The van der Waals surface area contributed by atoms with Gasteiger partial charge in [-0.3, -0.25) is 4.68 Å². The molecule has 0 saturated carbocycles. The minimum Gasteiger partial charge on any atom is -0.374 e. The van der Waals surface area contributed by atoms with Crippen molar-refractivity contribution in [1.29, 1.82) is 0 Å². The summed E-state index contributed by atoms with van der Waals surface area (Å²) >= 11 is 3.68. The summed E-state index contributed by atoms with van der Waals surface area (Å²) in [7, 11) is 2.11. The molecule has 2 atom stereocenters. The van der Waals surface area contributed by atoms with E-state index in [2.05, 4.69) is 51.5 Å². The summed E-state index contributed by atoms with van der Waals surface area (Å²) < 4.78 is 8.98. The third kappa shape index (κ3) is 3.42. The van der Waals surface area contributed by atoms with E-state index in [4.69, 9.17) is 10.5 Å². The van der Waals surface area contributed by atoms with E-state index in [1.807, 2.05) is 0 Å². The standard InChI is InChI=1S/C14H25BrN4O/c1-4-11-14(15)12(19(5-2)17-11)8-10(16)13-9-18(3)6-7-20-13/h10,13H,4-9,16H2,1-3H3. The minimum absolute atomic E-state index is 0.000700. The van der Waals surface area contributed by atoms with E-state index >= 15 is 0 Å². The van der Waals surface area contributed by atoms with Crippen LogP contribution in [0.1, 0.15) is 25.2 Å². The summed E-state index contributed by atoms with van der Waals surface area (Å²) in [6, 6.07) is 0.000700. The van der Waals surface area contributed by atoms with Crippen LogP contribution in [0, 0.1) is 0 Å². The number of hydrogen-bond donors (Lipinski definition) is 1. The van der Waals surface area contributed by atoms with Gasteiger partial charge in [0.2, 0.25) is 0 Å². The smallest absolute Gasteiger partial charge is 0.0856 e. The molecular formula is C14H25BrN4O. The highest BCUT2D eigenvalue weighted by atomic mass is 79.9. The van der Waals surface area contributed by atoms with Gasteiger partial charge in [0, 0.05) is 32.1 Å². The molecule has 1 aliphatic heterocycles. The van der Waals surface area contributed by atoms with Gasteiger partial charge >= 0.3 is 0 Å². The average Bonchev–Trinajstić information content (AvgIpc) is 2.75. The average molecular weight is 345 g/mol. The van der Waals surface area contributed by atoms with Gasteiger partial charge in [-0.05, 0) is 36.3 Å². The molecule has 2 rings (SSSR count). The molecule has 114 valence electrons. The molecule has 0 spiro atoms. The summed E-state index contributed by atoms with van der Waals surface area (Å²) in [6.45, 7) is 7.75. The van der Waals surface area contributed by atoms with Crippen LogP contribution in [0.5, 0.6) is 0 Å². The first kappa shape index (κ1) is 15.9. The van der Waals surface area contributed by atoms with Crippen molar-refractivity contribution in [2.24, 2.45) is 5.73 Å². The van der Waals surface area contributed by atoms with Crippen molar-refractivity contribution in [3.8, 4) is 0 Å². The zero-order valence-electron chi connectivity index (χ0n) is 12.6. The molecule has 0 aromatic carbocycles. The Hall–Kier alpha value is -0.430.